The highest BCUT2D eigenvalue weighted by Gasteiger charge is 2.05. The molecular formula is C15H10BrNO. The van der Waals surface area contributed by atoms with E-state index in [-0.39, 0.29) is 5.56 Å². The fourth-order valence-corrected chi connectivity index (χ4v) is 2.45. The van der Waals surface area contributed by atoms with Crippen LogP contribution in [0, 0.1) is 0 Å². The van der Waals surface area contributed by atoms with Gasteiger partial charge in [0.05, 0.1) is 5.52 Å². The molecule has 18 heavy (non-hydrogen) atoms. The highest BCUT2D eigenvalue weighted by molar-refractivity contribution is 9.10. The standard InChI is InChI=1S/C15H10BrNO/c16-11-6-7-12-13(10-4-2-1-3-5-10)9-15(18)17-14(12)8-11/h1-9H,(H,17,18). The number of benzene rings is 2. The van der Waals surface area contributed by atoms with E-state index in [2.05, 4.69) is 20.9 Å². The second-order valence-corrected chi connectivity index (χ2v) is 5.02. The smallest absolute Gasteiger partial charge is 0.249 e. The SMILES string of the molecule is O=c1cc(-c2ccccc2)c2ccc(Br)cc2[nH]1. The quantitative estimate of drug-likeness (QED) is 0.725. The van der Waals surface area contributed by atoms with E-state index in [0.717, 1.165) is 26.5 Å². The van der Waals surface area contributed by atoms with Crippen LogP contribution >= 0.6 is 15.9 Å². The lowest BCUT2D eigenvalue weighted by Gasteiger charge is -2.06. The Hall–Kier alpha value is -1.87. The van der Waals surface area contributed by atoms with E-state index in [4.69, 9.17) is 0 Å². The number of nitrogens with one attached hydrogen (secondary N) is 1. The van der Waals surface area contributed by atoms with Gasteiger partial charge < -0.3 is 4.98 Å². The summed E-state index contributed by atoms with van der Waals surface area (Å²) in [5.74, 6) is 0. The van der Waals surface area contributed by atoms with Gasteiger partial charge in [0.15, 0.2) is 0 Å². The Morgan fingerprint density at radius 3 is 2.50 bits per heavy atom. The summed E-state index contributed by atoms with van der Waals surface area (Å²) < 4.78 is 0.955. The van der Waals surface area contributed by atoms with Crippen molar-refractivity contribution in [2.45, 2.75) is 0 Å². The van der Waals surface area contributed by atoms with Crippen molar-refractivity contribution in [1.29, 1.82) is 0 Å². The number of halogens is 1. The van der Waals surface area contributed by atoms with E-state index in [1.807, 2.05) is 48.5 Å². The van der Waals surface area contributed by atoms with Gasteiger partial charge in [0.2, 0.25) is 5.56 Å². The van der Waals surface area contributed by atoms with Gasteiger partial charge in [-0.05, 0) is 23.3 Å². The lowest BCUT2D eigenvalue weighted by molar-refractivity contribution is 1.30. The fourth-order valence-electron chi connectivity index (χ4n) is 2.09. The summed E-state index contributed by atoms with van der Waals surface area (Å²) in [6.07, 6.45) is 0. The minimum atomic E-state index is -0.0838. The Balaban J connectivity index is 2.39. The van der Waals surface area contributed by atoms with E-state index in [1.54, 1.807) is 6.07 Å². The predicted molar refractivity (Wildman–Crippen MR) is 77.7 cm³/mol. The topological polar surface area (TPSA) is 32.9 Å². The number of fused-ring (bicyclic) bond motifs is 1. The zero-order valence-corrected chi connectivity index (χ0v) is 11.1. The molecule has 0 saturated heterocycles. The molecule has 0 spiro atoms. The van der Waals surface area contributed by atoms with Crippen molar-refractivity contribution in [2.24, 2.45) is 0 Å². The van der Waals surface area contributed by atoms with Crippen molar-refractivity contribution in [3.8, 4) is 11.1 Å². The summed E-state index contributed by atoms with van der Waals surface area (Å²) in [6.45, 7) is 0. The molecule has 1 aromatic heterocycles. The number of aromatic nitrogens is 1. The van der Waals surface area contributed by atoms with Gasteiger partial charge in [-0.15, -0.1) is 0 Å². The van der Waals surface area contributed by atoms with Crippen molar-refractivity contribution in [2.75, 3.05) is 0 Å². The number of aromatic amines is 1. The third-order valence-corrected chi connectivity index (χ3v) is 3.38. The van der Waals surface area contributed by atoms with Gasteiger partial charge in [0.25, 0.3) is 0 Å². The molecule has 0 aliphatic carbocycles. The average molecular weight is 300 g/mol. The molecule has 1 heterocycles. The minimum absolute atomic E-state index is 0.0838. The highest BCUT2D eigenvalue weighted by Crippen LogP contribution is 2.27. The number of pyridine rings is 1. The van der Waals surface area contributed by atoms with Gasteiger partial charge in [0, 0.05) is 15.9 Å². The predicted octanol–water partition coefficient (Wildman–Crippen LogP) is 3.96. The molecule has 0 amide bonds. The van der Waals surface area contributed by atoms with Crippen molar-refractivity contribution in [3.05, 3.63) is 69.4 Å². The highest BCUT2D eigenvalue weighted by atomic mass is 79.9. The normalized spacial score (nSPS) is 10.7. The van der Waals surface area contributed by atoms with Crippen LogP contribution in [0.1, 0.15) is 0 Å². The van der Waals surface area contributed by atoms with Crippen LogP contribution in [0.15, 0.2) is 63.9 Å². The summed E-state index contributed by atoms with van der Waals surface area (Å²) in [4.78, 5) is 14.6. The van der Waals surface area contributed by atoms with Crippen molar-refractivity contribution < 1.29 is 0 Å². The molecule has 0 radical (unpaired) electrons. The van der Waals surface area contributed by atoms with E-state index >= 15 is 0 Å². The number of hydrogen-bond acceptors (Lipinski definition) is 1. The molecule has 2 nitrogen and oxygen atoms in total. The van der Waals surface area contributed by atoms with Gasteiger partial charge in [-0.25, -0.2) is 0 Å². The first kappa shape index (κ1) is 11.2. The summed E-state index contributed by atoms with van der Waals surface area (Å²) in [6, 6.07) is 17.5. The number of rotatable bonds is 1. The maximum Gasteiger partial charge on any atom is 0.249 e. The van der Waals surface area contributed by atoms with E-state index in [9.17, 15) is 4.79 Å². The molecule has 1 N–H and O–H groups in total. The molecule has 0 aliphatic heterocycles. The molecule has 0 fully saturated rings. The minimum Gasteiger partial charge on any atom is -0.322 e. The van der Waals surface area contributed by atoms with E-state index < -0.39 is 0 Å². The fraction of sp³-hybridized carbons (Fsp3) is 0. The van der Waals surface area contributed by atoms with Crippen molar-refractivity contribution in [1.82, 2.24) is 4.98 Å². The van der Waals surface area contributed by atoms with Gasteiger partial charge in [-0.2, -0.15) is 0 Å². The maximum atomic E-state index is 11.7. The Labute approximate surface area is 112 Å². The molecule has 0 aliphatic rings. The molecule has 0 saturated carbocycles. The van der Waals surface area contributed by atoms with Crippen LogP contribution in [0.25, 0.3) is 22.0 Å². The van der Waals surface area contributed by atoms with Gasteiger partial charge >= 0.3 is 0 Å². The van der Waals surface area contributed by atoms with Crippen molar-refractivity contribution >= 4 is 26.8 Å². The van der Waals surface area contributed by atoms with Gasteiger partial charge in [-0.1, -0.05) is 52.3 Å². The van der Waals surface area contributed by atoms with Crippen LogP contribution in [0.4, 0.5) is 0 Å². The van der Waals surface area contributed by atoms with Crippen LogP contribution in [0.5, 0.6) is 0 Å². The zero-order chi connectivity index (χ0) is 12.5. The first-order chi connectivity index (χ1) is 8.74. The van der Waals surface area contributed by atoms with Crippen LogP contribution in [-0.2, 0) is 0 Å². The Bertz CT molecular complexity index is 762. The summed E-state index contributed by atoms with van der Waals surface area (Å²) in [5.41, 5.74) is 2.77. The van der Waals surface area contributed by atoms with E-state index in [0.29, 0.717) is 0 Å². The second-order valence-electron chi connectivity index (χ2n) is 4.10. The third kappa shape index (κ3) is 1.97. The van der Waals surface area contributed by atoms with Crippen LogP contribution in [0.3, 0.4) is 0 Å². The molecular weight excluding hydrogens is 290 g/mol. The van der Waals surface area contributed by atoms with E-state index in [1.165, 1.54) is 0 Å². The lowest BCUT2D eigenvalue weighted by Crippen LogP contribution is -2.04. The van der Waals surface area contributed by atoms with Crippen molar-refractivity contribution in [3.63, 3.8) is 0 Å². The number of H-pyrrole nitrogens is 1. The second kappa shape index (κ2) is 4.42. The summed E-state index contributed by atoms with van der Waals surface area (Å²) >= 11 is 3.42. The van der Waals surface area contributed by atoms with Crippen LogP contribution in [0.2, 0.25) is 0 Å². The average Bonchev–Trinajstić information content (AvgIpc) is 2.38. The van der Waals surface area contributed by atoms with Gasteiger partial charge in [0.1, 0.15) is 0 Å². The van der Waals surface area contributed by atoms with Gasteiger partial charge in [-0.3, -0.25) is 4.79 Å². The lowest BCUT2D eigenvalue weighted by atomic mass is 10.0. The van der Waals surface area contributed by atoms with Crippen LogP contribution < -0.4 is 5.56 Å². The molecule has 0 bridgehead atoms. The first-order valence-electron chi connectivity index (χ1n) is 5.62. The largest absolute Gasteiger partial charge is 0.322 e. The summed E-state index contributed by atoms with van der Waals surface area (Å²) in [5, 5.41) is 1.05. The number of hydrogen-bond donors (Lipinski definition) is 1. The molecule has 3 rings (SSSR count). The molecule has 0 unspecified atom stereocenters. The van der Waals surface area contributed by atoms with Crippen LogP contribution in [-0.4, -0.2) is 4.98 Å². The molecule has 3 heteroatoms. The molecule has 2 aromatic carbocycles. The Morgan fingerprint density at radius 1 is 0.944 bits per heavy atom. The summed E-state index contributed by atoms with van der Waals surface area (Å²) in [7, 11) is 0. The Kier molecular flexibility index (Phi) is 2.76. The monoisotopic (exact) mass is 299 g/mol. The molecule has 3 aromatic rings. The third-order valence-electron chi connectivity index (χ3n) is 2.89. The zero-order valence-electron chi connectivity index (χ0n) is 9.48. The molecule has 88 valence electrons. The molecule has 0 atom stereocenters. The maximum absolute atomic E-state index is 11.7. The first-order valence-corrected chi connectivity index (χ1v) is 6.41. The Morgan fingerprint density at radius 2 is 1.72 bits per heavy atom.